The molecular weight excluding hydrogens is 410 g/mol. The van der Waals surface area contributed by atoms with Crippen molar-refractivity contribution < 1.29 is 9.53 Å². The van der Waals surface area contributed by atoms with Crippen LogP contribution >= 0.6 is 0 Å². The van der Waals surface area contributed by atoms with Crippen molar-refractivity contribution in [3.8, 4) is 0 Å². The maximum atomic E-state index is 11.9. The van der Waals surface area contributed by atoms with Gasteiger partial charge in [-0.15, -0.1) is 0 Å². The van der Waals surface area contributed by atoms with Crippen LogP contribution in [-0.2, 0) is 11.3 Å². The van der Waals surface area contributed by atoms with E-state index in [0.717, 1.165) is 38.7 Å². The third-order valence-corrected chi connectivity index (χ3v) is 5.98. The highest BCUT2D eigenvalue weighted by Gasteiger charge is 2.13. The van der Waals surface area contributed by atoms with E-state index in [4.69, 9.17) is 9.72 Å². The summed E-state index contributed by atoms with van der Waals surface area (Å²) in [6.45, 7) is 12.5. The van der Waals surface area contributed by atoms with Crippen molar-refractivity contribution in [3.05, 3.63) is 76.3 Å². The first kappa shape index (κ1) is 22.6. The molecule has 1 amide bonds. The van der Waals surface area contributed by atoms with Gasteiger partial charge in [0.05, 0.1) is 16.7 Å². The minimum atomic E-state index is -0.411. The molecule has 4 rings (SSSR count). The molecule has 33 heavy (non-hydrogen) atoms. The topological polar surface area (TPSA) is 63.3 Å². The van der Waals surface area contributed by atoms with Crippen molar-refractivity contribution in [3.63, 3.8) is 0 Å². The van der Waals surface area contributed by atoms with Crippen LogP contribution in [0.25, 0.3) is 21.8 Å². The summed E-state index contributed by atoms with van der Waals surface area (Å²) >= 11 is 0. The van der Waals surface area contributed by atoms with Crippen LogP contribution in [0.4, 0.5) is 16.2 Å². The minimum absolute atomic E-state index is 0.0398. The van der Waals surface area contributed by atoms with Crippen molar-refractivity contribution in [2.24, 2.45) is 0 Å². The van der Waals surface area contributed by atoms with Gasteiger partial charge in [-0.1, -0.05) is 12.1 Å². The second-order valence-corrected chi connectivity index (χ2v) is 9.09. The zero-order valence-electron chi connectivity index (χ0n) is 20.2. The number of benzene rings is 3. The summed E-state index contributed by atoms with van der Waals surface area (Å²) in [6, 6.07) is 16.7. The van der Waals surface area contributed by atoms with Crippen LogP contribution in [0.1, 0.15) is 41.7 Å². The van der Waals surface area contributed by atoms with Gasteiger partial charge in [0.1, 0.15) is 6.61 Å². The fraction of sp³-hybridized carbons (Fsp3) is 0.286. The molecule has 5 heteroatoms. The number of nitrogens with zero attached hydrogens (tertiary/aromatic N) is 1. The third kappa shape index (κ3) is 4.92. The number of carbonyl (C=O) groups excluding carboxylic acids is 1. The molecule has 170 valence electrons. The van der Waals surface area contributed by atoms with E-state index in [0.29, 0.717) is 0 Å². The number of alkyl carbamates (subject to hydrolysis) is 1. The molecule has 0 fully saturated rings. The first-order valence-electron chi connectivity index (χ1n) is 11.3. The van der Waals surface area contributed by atoms with Crippen LogP contribution < -0.4 is 10.6 Å². The van der Waals surface area contributed by atoms with Gasteiger partial charge < -0.3 is 15.4 Å². The predicted octanol–water partition coefficient (Wildman–Crippen LogP) is 7.00. The first-order chi connectivity index (χ1) is 15.7. The van der Waals surface area contributed by atoms with Gasteiger partial charge in [-0.25, -0.2) is 9.78 Å². The average Bonchev–Trinajstić information content (AvgIpc) is 2.75. The molecule has 0 atom stereocenters. The van der Waals surface area contributed by atoms with Crippen LogP contribution in [-0.4, -0.2) is 17.1 Å². The Hall–Kier alpha value is -3.60. The molecule has 0 saturated carbocycles. The second-order valence-electron chi connectivity index (χ2n) is 9.09. The van der Waals surface area contributed by atoms with Gasteiger partial charge in [0.25, 0.3) is 0 Å². The summed E-state index contributed by atoms with van der Waals surface area (Å²) in [5.74, 6) is 0. The van der Waals surface area contributed by atoms with Crippen molar-refractivity contribution >= 4 is 39.3 Å². The van der Waals surface area contributed by atoms with Crippen molar-refractivity contribution in [1.82, 2.24) is 10.3 Å². The summed E-state index contributed by atoms with van der Waals surface area (Å²) in [5, 5.41) is 8.57. The van der Waals surface area contributed by atoms with Gasteiger partial charge in [-0.3, -0.25) is 0 Å². The molecule has 2 N–H and O–H groups in total. The molecule has 5 nitrogen and oxygen atoms in total. The number of anilines is 2. The largest absolute Gasteiger partial charge is 0.445 e. The zero-order chi connectivity index (χ0) is 23.7. The third-order valence-electron chi connectivity index (χ3n) is 5.98. The molecule has 0 aliphatic rings. The lowest BCUT2D eigenvalue weighted by Gasteiger charge is -2.17. The quantitative estimate of drug-likeness (QED) is 0.327. The lowest BCUT2D eigenvalue weighted by Crippen LogP contribution is -2.30. The van der Waals surface area contributed by atoms with E-state index in [1.54, 1.807) is 0 Å². The van der Waals surface area contributed by atoms with Gasteiger partial charge in [-0.2, -0.15) is 0 Å². The Morgan fingerprint density at radius 1 is 0.879 bits per heavy atom. The summed E-state index contributed by atoms with van der Waals surface area (Å²) < 4.78 is 5.35. The van der Waals surface area contributed by atoms with Gasteiger partial charge in [-0.05, 0) is 106 Å². The number of fused-ring (bicyclic) bond motifs is 2. The van der Waals surface area contributed by atoms with Gasteiger partial charge in [0.2, 0.25) is 0 Å². The average molecular weight is 442 g/mol. The maximum absolute atomic E-state index is 11.9. The summed E-state index contributed by atoms with van der Waals surface area (Å²) in [4.78, 5) is 16.8. The summed E-state index contributed by atoms with van der Waals surface area (Å²) in [6.07, 6.45) is -0.411. The number of ether oxygens (including phenoxy) is 1. The Bertz CT molecular complexity index is 1290. The number of carbonyl (C=O) groups is 1. The number of hydrogen-bond donors (Lipinski definition) is 2. The summed E-state index contributed by atoms with van der Waals surface area (Å²) in [7, 11) is 0. The predicted molar refractivity (Wildman–Crippen MR) is 136 cm³/mol. The monoisotopic (exact) mass is 441 g/mol. The normalized spacial score (nSPS) is 11.2. The SMILES string of the molecule is Cc1cc2nc3cc(C)c(C)cc3c(Nc3cccc(COC(=O)NC(C)C)c3)c2cc1C. The summed E-state index contributed by atoms with van der Waals surface area (Å²) in [5.41, 5.74) is 9.75. The fourth-order valence-corrected chi connectivity index (χ4v) is 3.91. The zero-order valence-corrected chi connectivity index (χ0v) is 20.2. The van der Waals surface area contributed by atoms with Gasteiger partial charge in [0.15, 0.2) is 0 Å². The lowest BCUT2D eigenvalue weighted by atomic mass is 9.99. The van der Waals surface area contributed by atoms with Crippen LogP contribution in [0.5, 0.6) is 0 Å². The highest BCUT2D eigenvalue weighted by Crippen LogP contribution is 2.36. The molecule has 1 heterocycles. The number of pyridine rings is 1. The Kier molecular flexibility index (Phi) is 6.23. The standard InChI is InChI=1S/C28H31N3O2/c1-16(2)29-28(32)33-15-21-8-7-9-22(14-21)30-27-23-10-17(3)19(5)12-25(23)31-26-13-20(6)18(4)11-24(26)27/h7-14,16H,15H2,1-6H3,(H,29,32)(H,30,31). The second kappa shape index (κ2) is 9.10. The Morgan fingerprint density at radius 3 is 2.03 bits per heavy atom. The molecule has 0 aliphatic heterocycles. The van der Waals surface area contributed by atoms with Crippen molar-refractivity contribution in [2.45, 2.75) is 54.2 Å². The highest BCUT2D eigenvalue weighted by atomic mass is 16.5. The van der Waals surface area contributed by atoms with E-state index in [1.807, 2.05) is 38.1 Å². The number of nitrogens with one attached hydrogen (secondary N) is 2. The van der Waals surface area contributed by atoms with E-state index < -0.39 is 6.09 Å². The van der Waals surface area contributed by atoms with E-state index in [1.165, 1.54) is 22.3 Å². The van der Waals surface area contributed by atoms with E-state index in [-0.39, 0.29) is 12.6 Å². The first-order valence-corrected chi connectivity index (χ1v) is 11.3. The lowest BCUT2D eigenvalue weighted by molar-refractivity contribution is 0.137. The molecule has 3 aromatic carbocycles. The smallest absolute Gasteiger partial charge is 0.407 e. The molecule has 0 radical (unpaired) electrons. The number of amides is 1. The molecule has 4 aromatic rings. The molecule has 0 spiro atoms. The van der Waals surface area contributed by atoms with Crippen LogP contribution in [0.3, 0.4) is 0 Å². The number of aryl methyl sites for hydroxylation is 4. The van der Waals surface area contributed by atoms with Crippen LogP contribution in [0.15, 0.2) is 48.5 Å². The van der Waals surface area contributed by atoms with E-state index in [9.17, 15) is 4.79 Å². The van der Waals surface area contributed by atoms with Crippen molar-refractivity contribution in [1.29, 1.82) is 0 Å². The molecular formula is C28H31N3O2. The molecule has 0 unspecified atom stereocenters. The molecule has 0 saturated heterocycles. The molecule has 1 aromatic heterocycles. The van der Waals surface area contributed by atoms with Gasteiger partial charge >= 0.3 is 6.09 Å². The molecule has 0 bridgehead atoms. The van der Waals surface area contributed by atoms with Gasteiger partial charge in [0, 0.05) is 22.5 Å². The number of rotatable bonds is 5. The Labute approximate surface area is 195 Å². The van der Waals surface area contributed by atoms with Crippen LogP contribution in [0, 0.1) is 27.7 Å². The Balaban J connectivity index is 1.75. The van der Waals surface area contributed by atoms with Crippen molar-refractivity contribution in [2.75, 3.05) is 5.32 Å². The molecule has 0 aliphatic carbocycles. The van der Waals surface area contributed by atoms with Crippen LogP contribution in [0.2, 0.25) is 0 Å². The number of hydrogen-bond acceptors (Lipinski definition) is 4. The fourth-order valence-electron chi connectivity index (χ4n) is 3.91. The highest BCUT2D eigenvalue weighted by molar-refractivity contribution is 6.09. The Morgan fingerprint density at radius 2 is 1.45 bits per heavy atom. The number of aromatic nitrogens is 1. The maximum Gasteiger partial charge on any atom is 0.407 e. The van der Waals surface area contributed by atoms with E-state index >= 15 is 0 Å². The minimum Gasteiger partial charge on any atom is -0.445 e. The van der Waals surface area contributed by atoms with E-state index in [2.05, 4.69) is 62.6 Å².